The highest BCUT2D eigenvalue weighted by Crippen LogP contribution is 2.13. The van der Waals surface area contributed by atoms with Gasteiger partial charge in [-0.2, -0.15) is 0 Å². The summed E-state index contributed by atoms with van der Waals surface area (Å²) in [5.41, 5.74) is 0. The molecule has 14 heavy (non-hydrogen) atoms. The highest BCUT2D eigenvalue weighted by molar-refractivity contribution is 4.75. The molecule has 1 fully saturated rings. The molecule has 1 aliphatic rings. The van der Waals surface area contributed by atoms with Crippen molar-refractivity contribution in [1.29, 1.82) is 0 Å². The molecule has 0 amide bonds. The second-order valence-electron chi connectivity index (χ2n) is 4.70. The van der Waals surface area contributed by atoms with Gasteiger partial charge in [-0.05, 0) is 38.6 Å². The third kappa shape index (κ3) is 4.43. The molecule has 0 aromatic heterocycles. The van der Waals surface area contributed by atoms with Crippen molar-refractivity contribution in [2.75, 3.05) is 13.2 Å². The summed E-state index contributed by atoms with van der Waals surface area (Å²) >= 11 is 0. The van der Waals surface area contributed by atoms with Gasteiger partial charge in [-0.1, -0.05) is 20.3 Å². The summed E-state index contributed by atoms with van der Waals surface area (Å²) in [5, 5.41) is 3.66. The fourth-order valence-corrected chi connectivity index (χ4v) is 2.15. The van der Waals surface area contributed by atoms with E-state index in [1.165, 1.54) is 32.2 Å². The first kappa shape index (κ1) is 12.0. The maximum absolute atomic E-state index is 5.52. The lowest BCUT2D eigenvalue weighted by Crippen LogP contribution is -2.39. The van der Waals surface area contributed by atoms with Gasteiger partial charge in [0.15, 0.2) is 0 Å². The number of rotatable bonds is 5. The molecule has 1 saturated heterocycles. The van der Waals surface area contributed by atoms with Crippen LogP contribution in [0.3, 0.4) is 0 Å². The molecule has 0 aliphatic carbocycles. The Morgan fingerprint density at radius 1 is 1.50 bits per heavy atom. The molecule has 3 atom stereocenters. The summed E-state index contributed by atoms with van der Waals surface area (Å²) in [4.78, 5) is 0. The van der Waals surface area contributed by atoms with Crippen LogP contribution in [0, 0.1) is 5.92 Å². The minimum atomic E-state index is 0.447. The first-order valence-corrected chi connectivity index (χ1v) is 6.07. The topological polar surface area (TPSA) is 21.3 Å². The molecule has 3 unspecified atom stereocenters. The van der Waals surface area contributed by atoms with Gasteiger partial charge in [0.2, 0.25) is 0 Å². The largest absolute Gasteiger partial charge is 0.378 e. The smallest absolute Gasteiger partial charge is 0.0561 e. The molecule has 84 valence electrons. The Bertz CT molecular complexity index is 149. The Balaban J connectivity index is 2.10. The monoisotopic (exact) mass is 199 g/mol. The lowest BCUT2D eigenvalue weighted by atomic mass is 10.0. The molecule has 1 heterocycles. The van der Waals surface area contributed by atoms with E-state index in [9.17, 15) is 0 Å². The van der Waals surface area contributed by atoms with E-state index in [-0.39, 0.29) is 0 Å². The summed E-state index contributed by atoms with van der Waals surface area (Å²) in [6, 6.07) is 0.693. The molecule has 0 radical (unpaired) electrons. The van der Waals surface area contributed by atoms with Crippen LogP contribution in [-0.4, -0.2) is 25.3 Å². The van der Waals surface area contributed by atoms with Crippen LogP contribution >= 0.6 is 0 Å². The van der Waals surface area contributed by atoms with Gasteiger partial charge in [-0.15, -0.1) is 0 Å². The SMILES string of the molecule is CCCC(C)CNC1CCOC(C)C1. The molecule has 0 spiro atoms. The van der Waals surface area contributed by atoms with Crippen molar-refractivity contribution in [2.45, 2.75) is 58.6 Å². The fourth-order valence-electron chi connectivity index (χ4n) is 2.15. The Morgan fingerprint density at radius 3 is 2.93 bits per heavy atom. The molecule has 0 bridgehead atoms. The summed E-state index contributed by atoms with van der Waals surface area (Å²) in [6.45, 7) is 8.86. The van der Waals surface area contributed by atoms with E-state index in [4.69, 9.17) is 4.74 Å². The second kappa shape index (κ2) is 6.41. The maximum atomic E-state index is 5.52. The molecule has 1 aliphatic heterocycles. The predicted molar refractivity (Wildman–Crippen MR) is 60.5 cm³/mol. The number of hydrogen-bond donors (Lipinski definition) is 1. The van der Waals surface area contributed by atoms with Crippen LogP contribution in [0.5, 0.6) is 0 Å². The molecule has 1 rings (SSSR count). The zero-order valence-corrected chi connectivity index (χ0v) is 9.88. The van der Waals surface area contributed by atoms with Crippen LogP contribution in [0.15, 0.2) is 0 Å². The minimum absolute atomic E-state index is 0.447. The third-order valence-corrected chi connectivity index (χ3v) is 3.02. The lowest BCUT2D eigenvalue weighted by Gasteiger charge is -2.29. The summed E-state index contributed by atoms with van der Waals surface area (Å²) in [7, 11) is 0. The number of ether oxygens (including phenoxy) is 1. The van der Waals surface area contributed by atoms with Crippen LogP contribution in [0.1, 0.15) is 46.5 Å². The van der Waals surface area contributed by atoms with E-state index in [1.54, 1.807) is 0 Å². The summed E-state index contributed by atoms with van der Waals surface area (Å²) in [5.74, 6) is 0.818. The summed E-state index contributed by atoms with van der Waals surface area (Å²) in [6.07, 6.45) is 5.45. The predicted octanol–water partition coefficient (Wildman–Crippen LogP) is 2.58. The van der Waals surface area contributed by atoms with Gasteiger partial charge in [-0.3, -0.25) is 0 Å². The Labute approximate surface area is 88.4 Å². The fraction of sp³-hybridized carbons (Fsp3) is 1.00. The van der Waals surface area contributed by atoms with Gasteiger partial charge < -0.3 is 10.1 Å². The van der Waals surface area contributed by atoms with Crippen LogP contribution < -0.4 is 5.32 Å². The van der Waals surface area contributed by atoms with Crippen LogP contribution in [0.25, 0.3) is 0 Å². The van der Waals surface area contributed by atoms with Crippen molar-refractivity contribution in [2.24, 2.45) is 5.92 Å². The highest BCUT2D eigenvalue weighted by atomic mass is 16.5. The normalized spacial score (nSPS) is 30.2. The zero-order valence-electron chi connectivity index (χ0n) is 9.88. The Kier molecular flexibility index (Phi) is 5.49. The van der Waals surface area contributed by atoms with Gasteiger partial charge in [0.1, 0.15) is 0 Å². The number of nitrogens with one attached hydrogen (secondary N) is 1. The molecule has 0 aromatic carbocycles. The Morgan fingerprint density at radius 2 is 2.29 bits per heavy atom. The van der Waals surface area contributed by atoms with E-state index in [2.05, 4.69) is 26.1 Å². The average molecular weight is 199 g/mol. The van der Waals surface area contributed by atoms with Crippen molar-refractivity contribution in [3.63, 3.8) is 0 Å². The van der Waals surface area contributed by atoms with E-state index in [1.807, 2.05) is 0 Å². The van der Waals surface area contributed by atoms with Gasteiger partial charge in [-0.25, -0.2) is 0 Å². The minimum Gasteiger partial charge on any atom is -0.378 e. The first-order valence-electron chi connectivity index (χ1n) is 6.07. The molecular formula is C12H25NO. The molecule has 0 saturated carbocycles. The van der Waals surface area contributed by atoms with Crippen LogP contribution in [-0.2, 0) is 4.74 Å². The van der Waals surface area contributed by atoms with Crippen molar-refractivity contribution >= 4 is 0 Å². The maximum Gasteiger partial charge on any atom is 0.0561 e. The Hall–Kier alpha value is -0.0800. The number of hydrogen-bond acceptors (Lipinski definition) is 2. The van der Waals surface area contributed by atoms with Crippen molar-refractivity contribution in [3.8, 4) is 0 Å². The standard InChI is InChI=1S/C12H25NO/c1-4-5-10(2)9-13-12-6-7-14-11(3)8-12/h10-13H,4-9H2,1-3H3. The average Bonchev–Trinajstić information content (AvgIpc) is 2.15. The van der Waals surface area contributed by atoms with E-state index in [0.29, 0.717) is 12.1 Å². The van der Waals surface area contributed by atoms with Crippen LogP contribution in [0.2, 0.25) is 0 Å². The van der Waals surface area contributed by atoms with E-state index < -0.39 is 0 Å². The quantitative estimate of drug-likeness (QED) is 0.735. The van der Waals surface area contributed by atoms with Crippen molar-refractivity contribution in [1.82, 2.24) is 5.32 Å². The molecular weight excluding hydrogens is 174 g/mol. The van der Waals surface area contributed by atoms with Gasteiger partial charge >= 0.3 is 0 Å². The molecule has 2 heteroatoms. The van der Waals surface area contributed by atoms with Gasteiger partial charge in [0.25, 0.3) is 0 Å². The molecule has 2 nitrogen and oxygen atoms in total. The van der Waals surface area contributed by atoms with Crippen LogP contribution in [0.4, 0.5) is 0 Å². The zero-order chi connectivity index (χ0) is 10.4. The van der Waals surface area contributed by atoms with E-state index >= 15 is 0 Å². The lowest BCUT2D eigenvalue weighted by molar-refractivity contribution is 0.0128. The van der Waals surface area contributed by atoms with Gasteiger partial charge in [0, 0.05) is 12.6 Å². The second-order valence-corrected chi connectivity index (χ2v) is 4.70. The third-order valence-electron chi connectivity index (χ3n) is 3.02. The molecule has 0 aromatic rings. The molecule has 1 N–H and O–H groups in total. The summed E-state index contributed by atoms with van der Waals surface area (Å²) < 4.78 is 5.52. The van der Waals surface area contributed by atoms with Gasteiger partial charge in [0.05, 0.1) is 6.10 Å². The highest BCUT2D eigenvalue weighted by Gasteiger charge is 2.18. The van der Waals surface area contributed by atoms with E-state index in [0.717, 1.165) is 12.5 Å². The van der Waals surface area contributed by atoms with Crippen molar-refractivity contribution in [3.05, 3.63) is 0 Å². The first-order chi connectivity index (χ1) is 6.72. The van der Waals surface area contributed by atoms with Crippen molar-refractivity contribution < 1.29 is 4.74 Å².